The van der Waals surface area contributed by atoms with Gasteiger partial charge in [-0.2, -0.15) is 0 Å². The van der Waals surface area contributed by atoms with E-state index in [1.807, 2.05) is 22.6 Å². The average molecular weight is 529 g/mol. The van der Waals surface area contributed by atoms with Crippen molar-refractivity contribution in [1.82, 2.24) is 14.6 Å². The molecule has 0 aliphatic carbocycles. The van der Waals surface area contributed by atoms with Gasteiger partial charge in [0.15, 0.2) is 0 Å². The zero-order chi connectivity index (χ0) is 20.6. The van der Waals surface area contributed by atoms with Gasteiger partial charge in [-0.1, -0.05) is 18.5 Å². The van der Waals surface area contributed by atoms with Gasteiger partial charge in [0.25, 0.3) is 5.92 Å². The van der Waals surface area contributed by atoms with Crippen LogP contribution in [0.2, 0.25) is 5.02 Å². The van der Waals surface area contributed by atoms with E-state index >= 15 is 0 Å². The molecule has 1 aliphatic heterocycles. The quantitative estimate of drug-likeness (QED) is 0.469. The van der Waals surface area contributed by atoms with E-state index in [2.05, 4.69) is 15.4 Å². The molecule has 3 unspecified atom stereocenters. The molecule has 11 heteroatoms. The number of hydrogen-bond acceptors (Lipinski definition) is 6. The number of carbonyl (C=O) groups excluding carboxylic acids is 1. The smallest absolute Gasteiger partial charge is 0.303 e. The molecule has 1 N–H and O–H groups in total. The number of rotatable bonds is 5. The molecule has 3 heterocycles. The molecule has 0 aromatic carbocycles. The van der Waals surface area contributed by atoms with Gasteiger partial charge in [0, 0.05) is 20.5 Å². The van der Waals surface area contributed by atoms with Crippen molar-refractivity contribution in [2.75, 3.05) is 18.5 Å². The number of ether oxygens (including phenoxy) is 2. The first-order valence-corrected chi connectivity index (χ1v) is 10.2. The Morgan fingerprint density at radius 1 is 1.57 bits per heavy atom. The van der Waals surface area contributed by atoms with Gasteiger partial charge in [0.05, 0.1) is 39.1 Å². The number of hydrogen-bond donors (Lipinski definition) is 1. The molecule has 0 bridgehead atoms. The summed E-state index contributed by atoms with van der Waals surface area (Å²) in [7, 11) is 0. The summed E-state index contributed by atoms with van der Waals surface area (Å²) in [6.45, 7) is 4.39. The minimum Gasteiger partial charge on any atom is -0.458 e. The lowest BCUT2D eigenvalue weighted by molar-refractivity contribution is -0.153. The Kier molecular flexibility index (Phi) is 6.30. The first-order valence-electron chi connectivity index (χ1n) is 8.71. The fourth-order valence-corrected chi connectivity index (χ4v) is 4.25. The highest BCUT2D eigenvalue weighted by molar-refractivity contribution is 14.1. The Balaban J connectivity index is 1.96. The van der Waals surface area contributed by atoms with E-state index in [4.69, 9.17) is 21.1 Å². The van der Waals surface area contributed by atoms with E-state index < -0.39 is 23.9 Å². The van der Waals surface area contributed by atoms with Crippen LogP contribution >= 0.6 is 34.2 Å². The lowest BCUT2D eigenvalue weighted by Crippen LogP contribution is -2.44. The summed E-state index contributed by atoms with van der Waals surface area (Å²) in [4.78, 5) is 15.6. The van der Waals surface area contributed by atoms with E-state index in [-0.39, 0.29) is 18.6 Å². The molecule has 0 amide bonds. The van der Waals surface area contributed by atoms with Gasteiger partial charge in [-0.25, -0.2) is 18.3 Å². The monoisotopic (exact) mass is 528 g/mol. The van der Waals surface area contributed by atoms with Crippen LogP contribution in [0.25, 0.3) is 5.52 Å². The van der Waals surface area contributed by atoms with Crippen molar-refractivity contribution in [2.24, 2.45) is 0 Å². The standard InChI is InChI=1S/C17H20ClF2IN4O3/c1-8(17(3,19)20)15-14(21)13(18)11-6-22-16(24-25(11)15)23-10-4-5-27-7-12(10)28-9(2)26/h6,8,10,12H,4-5,7H2,1-3H3,(H,23,24). The number of nitrogens with zero attached hydrogens (tertiary/aromatic N) is 3. The van der Waals surface area contributed by atoms with Crippen LogP contribution in [-0.4, -0.2) is 51.8 Å². The number of anilines is 1. The van der Waals surface area contributed by atoms with Crippen LogP contribution in [0.3, 0.4) is 0 Å². The molecular weight excluding hydrogens is 509 g/mol. The topological polar surface area (TPSA) is 77.8 Å². The predicted octanol–water partition coefficient (Wildman–Crippen LogP) is 3.88. The molecule has 1 fully saturated rings. The number of esters is 1. The maximum Gasteiger partial charge on any atom is 0.303 e. The van der Waals surface area contributed by atoms with Gasteiger partial charge < -0.3 is 14.8 Å². The summed E-state index contributed by atoms with van der Waals surface area (Å²) in [6, 6.07) is -0.256. The second-order valence-corrected chi connectivity index (χ2v) is 8.29. The molecule has 7 nitrogen and oxygen atoms in total. The molecule has 1 aliphatic rings. The van der Waals surface area contributed by atoms with Gasteiger partial charge in [0.1, 0.15) is 11.6 Å². The normalized spacial score (nSPS) is 21.5. The predicted molar refractivity (Wildman–Crippen MR) is 108 cm³/mol. The number of nitrogens with one attached hydrogen (secondary N) is 1. The fraction of sp³-hybridized carbons (Fsp3) is 0.588. The SMILES string of the molecule is CC(=O)OC1COCCC1Nc1ncc2c(Cl)c(I)c(C(C)C(C)(F)F)n2n1. The molecule has 3 atom stereocenters. The van der Waals surface area contributed by atoms with Crippen LogP contribution in [0.5, 0.6) is 0 Å². The minimum atomic E-state index is -2.95. The van der Waals surface area contributed by atoms with Gasteiger partial charge in [-0.15, -0.1) is 5.10 Å². The highest BCUT2D eigenvalue weighted by atomic mass is 127. The number of halogens is 4. The van der Waals surface area contributed by atoms with Crippen LogP contribution < -0.4 is 5.32 Å². The van der Waals surface area contributed by atoms with Crippen LogP contribution in [0.1, 0.15) is 38.8 Å². The minimum absolute atomic E-state index is 0.229. The molecule has 28 heavy (non-hydrogen) atoms. The van der Waals surface area contributed by atoms with Crippen LogP contribution in [0.15, 0.2) is 6.20 Å². The molecule has 2 aromatic rings. The molecule has 2 aromatic heterocycles. The zero-order valence-corrected chi connectivity index (χ0v) is 18.4. The van der Waals surface area contributed by atoms with E-state index in [9.17, 15) is 13.6 Å². The largest absolute Gasteiger partial charge is 0.458 e. The summed E-state index contributed by atoms with van der Waals surface area (Å²) < 4.78 is 40.5. The number of aromatic nitrogens is 3. The van der Waals surface area contributed by atoms with Crippen molar-refractivity contribution < 1.29 is 23.0 Å². The summed E-state index contributed by atoms with van der Waals surface area (Å²) in [5, 5.41) is 7.85. The van der Waals surface area contributed by atoms with Crippen molar-refractivity contribution >= 4 is 51.6 Å². The van der Waals surface area contributed by atoms with Crippen molar-refractivity contribution in [3.63, 3.8) is 0 Å². The average Bonchev–Trinajstić information content (AvgIpc) is 2.85. The first kappa shape index (κ1) is 21.4. The zero-order valence-electron chi connectivity index (χ0n) is 15.5. The molecule has 154 valence electrons. The summed E-state index contributed by atoms with van der Waals surface area (Å²) in [6.07, 6.45) is 1.58. The van der Waals surface area contributed by atoms with Crippen molar-refractivity contribution in [3.8, 4) is 0 Å². The molecule has 1 saturated heterocycles. The van der Waals surface area contributed by atoms with Crippen molar-refractivity contribution in [2.45, 2.75) is 51.2 Å². The number of fused-ring (bicyclic) bond motifs is 1. The molecular formula is C17H20ClF2IN4O3. The van der Waals surface area contributed by atoms with Gasteiger partial charge in [-0.3, -0.25) is 4.79 Å². The summed E-state index contributed by atoms with van der Waals surface area (Å²) in [5.74, 6) is -4.23. The van der Waals surface area contributed by atoms with Gasteiger partial charge in [0.2, 0.25) is 5.95 Å². The third-order valence-electron chi connectivity index (χ3n) is 4.71. The Hall–Kier alpha value is -1.27. The van der Waals surface area contributed by atoms with E-state index in [0.29, 0.717) is 32.8 Å². The third-order valence-corrected chi connectivity index (χ3v) is 6.50. The molecule has 3 rings (SSSR count). The van der Waals surface area contributed by atoms with Crippen LogP contribution in [0, 0.1) is 3.57 Å². The Morgan fingerprint density at radius 2 is 2.29 bits per heavy atom. The molecule has 0 saturated carbocycles. The van der Waals surface area contributed by atoms with Crippen molar-refractivity contribution in [3.05, 3.63) is 20.5 Å². The third kappa shape index (κ3) is 4.33. The fourth-order valence-electron chi connectivity index (χ4n) is 3.05. The Labute approximate surface area is 179 Å². The summed E-state index contributed by atoms with van der Waals surface area (Å²) in [5.41, 5.74) is 0.772. The molecule has 0 radical (unpaired) electrons. The van der Waals surface area contributed by atoms with E-state index in [1.54, 1.807) is 0 Å². The maximum absolute atomic E-state index is 14.0. The maximum atomic E-state index is 14.0. The first-order chi connectivity index (χ1) is 13.1. The number of carbonyl (C=O) groups is 1. The lowest BCUT2D eigenvalue weighted by Gasteiger charge is -2.31. The highest BCUT2D eigenvalue weighted by Gasteiger charge is 2.36. The van der Waals surface area contributed by atoms with Crippen molar-refractivity contribution in [1.29, 1.82) is 0 Å². The van der Waals surface area contributed by atoms with Crippen LogP contribution in [-0.2, 0) is 14.3 Å². The second-order valence-electron chi connectivity index (χ2n) is 6.83. The van der Waals surface area contributed by atoms with E-state index in [0.717, 1.165) is 6.92 Å². The van der Waals surface area contributed by atoms with Gasteiger partial charge in [-0.05, 0) is 29.0 Å². The second kappa shape index (κ2) is 8.23. The molecule has 0 spiro atoms. The van der Waals surface area contributed by atoms with Gasteiger partial charge >= 0.3 is 5.97 Å². The summed E-state index contributed by atoms with van der Waals surface area (Å²) >= 11 is 8.27. The highest BCUT2D eigenvalue weighted by Crippen LogP contribution is 2.39. The Morgan fingerprint density at radius 3 is 2.93 bits per heavy atom. The lowest BCUT2D eigenvalue weighted by atomic mass is 10.0. The number of alkyl halides is 2. The van der Waals surface area contributed by atoms with E-state index in [1.165, 1.54) is 24.6 Å². The Bertz CT molecular complexity index is 889. The van der Waals surface area contributed by atoms with Crippen LogP contribution in [0.4, 0.5) is 14.7 Å².